The van der Waals surface area contributed by atoms with Gasteiger partial charge < -0.3 is 4.74 Å². The van der Waals surface area contributed by atoms with E-state index < -0.39 is 4.92 Å². The summed E-state index contributed by atoms with van der Waals surface area (Å²) in [6, 6.07) is 8.00. The largest absolute Gasteiger partial charge is 0.462 e. The second-order valence-corrected chi connectivity index (χ2v) is 4.35. The molecule has 0 fully saturated rings. The number of nitro groups is 1. The number of hydrogen-bond acceptors (Lipinski definition) is 4. The molecule has 1 heterocycles. The van der Waals surface area contributed by atoms with Crippen LogP contribution in [0.1, 0.15) is 12.5 Å². The van der Waals surface area contributed by atoms with Crippen LogP contribution in [0.3, 0.4) is 0 Å². The lowest BCUT2D eigenvalue weighted by Gasteiger charge is -2.14. The Morgan fingerprint density at radius 3 is 2.57 bits per heavy atom. The molecule has 0 N–H and O–H groups in total. The molecule has 0 aliphatic carbocycles. The summed E-state index contributed by atoms with van der Waals surface area (Å²) in [6.45, 7) is 5.42. The molecule has 5 nitrogen and oxygen atoms in total. The number of nitro benzene ring substituents is 1. The summed E-state index contributed by atoms with van der Waals surface area (Å²) in [5.74, 6) is 1.21. The molecule has 5 heteroatoms. The number of ether oxygens (including phenoxy) is 1. The van der Waals surface area contributed by atoms with Gasteiger partial charge in [-0.3, -0.25) is 10.1 Å². The molecule has 0 radical (unpaired) electrons. The van der Waals surface area contributed by atoms with Gasteiger partial charge in [-0.25, -0.2) is 0 Å². The first-order valence-electron chi connectivity index (χ1n) is 6.14. The van der Waals surface area contributed by atoms with Crippen LogP contribution in [0.4, 0.5) is 5.69 Å². The fourth-order valence-corrected chi connectivity index (χ4v) is 1.95. The van der Waals surface area contributed by atoms with E-state index in [1.807, 2.05) is 0 Å². The zero-order valence-corrected chi connectivity index (χ0v) is 11.4. The molecule has 0 amide bonds. The lowest BCUT2D eigenvalue weighted by Crippen LogP contribution is -1.98. The van der Waals surface area contributed by atoms with Gasteiger partial charge in [0.15, 0.2) is 0 Å². The Morgan fingerprint density at radius 2 is 2.05 bits per heavy atom. The standard InChI is InChI=1S/C16H12N2O3/c1-3-15-9-13(8-11(2)21-15)16(10-17)12-4-6-14(7-5-12)18(19)20/h3-9H,1H2,2H3/b16-13-. The zero-order chi connectivity index (χ0) is 15.4. The number of rotatable bonds is 3. The van der Waals surface area contributed by atoms with E-state index in [2.05, 4.69) is 12.6 Å². The van der Waals surface area contributed by atoms with Gasteiger partial charge in [-0.2, -0.15) is 5.26 Å². The molecule has 0 saturated carbocycles. The van der Waals surface area contributed by atoms with Crippen molar-refractivity contribution in [1.82, 2.24) is 0 Å². The third-order valence-electron chi connectivity index (χ3n) is 2.90. The number of nitrogens with zero attached hydrogens (tertiary/aromatic N) is 2. The molecule has 104 valence electrons. The first-order chi connectivity index (χ1) is 10.0. The molecule has 1 aromatic carbocycles. The van der Waals surface area contributed by atoms with Crippen molar-refractivity contribution in [2.24, 2.45) is 0 Å². The average molecular weight is 280 g/mol. The minimum atomic E-state index is -0.475. The van der Waals surface area contributed by atoms with Crippen molar-refractivity contribution < 1.29 is 9.66 Å². The highest BCUT2D eigenvalue weighted by Gasteiger charge is 2.13. The van der Waals surface area contributed by atoms with Crippen LogP contribution < -0.4 is 0 Å². The summed E-state index contributed by atoms with van der Waals surface area (Å²) >= 11 is 0. The maximum Gasteiger partial charge on any atom is 0.269 e. The Hall–Kier alpha value is -3.13. The van der Waals surface area contributed by atoms with E-state index in [0.29, 0.717) is 28.2 Å². The molecule has 0 saturated heterocycles. The highest BCUT2D eigenvalue weighted by molar-refractivity contribution is 5.83. The van der Waals surface area contributed by atoms with Gasteiger partial charge in [0.1, 0.15) is 17.6 Å². The van der Waals surface area contributed by atoms with Crippen molar-refractivity contribution in [3.8, 4) is 6.07 Å². The number of benzene rings is 1. The zero-order valence-electron chi connectivity index (χ0n) is 11.4. The Balaban J connectivity index is 2.52. The highest BCUT2D eigenvalue weighted by Crippen LogP contribution is 2.27. The van der Waals surface area contributed by atoms with E-state index in [-0.39, 0.29) is 5.69 Å². The summed E-state index contributed by atoms with van der Waals surface area (Å²) in [4.78, 5) is 10.2. The van der Waals surface area contributed by atoms with Gasteiger partial charge in [0, 0.05) is 12.1 Å². The summed E-state index contributed by atoms with van der Waals surface area (Å²) in [6.07, 6.45) is 5.01. The number of non-ortho nitro benzene ring substituents is 1. The molecule has 1 aliphatic rings. The Morgan fingerprint density at radius 1 is 1.38 bits per heavy atom. The van der Waals surface area contributed by atoms with Crippen LogP contribution in [0.2, 0.25) is 0 Å². The topological polar surface area (TPSA) is 76.2 Å². The predicted molar refractivity (Wildman–Crippen MR) is 78.8 cm³/mol. The van der Waals surface area contributed by atoms with Gasteiger partial charge in [0.25, 0.3) is 5.69 Å². The lowest BCUT2D eigenvalue weighted by atomic mass is 9.98. The first-order valence-corrected chi connectivity index (χ1v) is 6.14. The van der Waals surface area contributed by atoms with E-state index in [0.717, 1.165) is 0 Å². The fourth-order valence-electron chi connectivity index (χ4n) is 1.95. The van der Waals surface area contributed by atoms with Crippen molar-refractivity contribution in [1.29, 1.82) is 5.26 Å². The highest BCUT2D eigenvalue weighted by atomic mass is 16.6. The first kappa shape index (κ1) is 14.3. The average Bonchev–Trinajstić information content (AvgIpc) is 2.48. The number of nitriles is 1. The molecule has 1 aliphatic heterocycles. The third-order valence-corrected chi connectivity index (χ3v) is 2.90. The maximum absolute atomic E-state index is 10.7. The molecule has 2 rings (SSSR count). The minimum Gasteiger partial charge on any atom is -0.462 e. The van der Waals surface area contributed by atoms with Crippen LogP contribution in [0.25, 0.3) is 5.57 Å². The second kappa shape index (κ2) is 5.88. The normalized spacial score (nSPS) is 16.0. The van der Waals surface area contributed by atoms with E-state index in [1.54, 1.807) is 37.3 Å². The predicted octanol–water partition coefficient (Wildman–Crippen LogP) is 3.88. The van der Waals surface area contributed by atoms with E-state index in [1.165, 1.54) is 12.1 Å². The molecule has 1 aromatic rings. The second-order valence-electron chi connectivity index (χ2n) is 4.35. The lowest BCUT2D eigenvalue weighted by molar-refractivity contribution is -0.384. The summed E-state index contributed by atoms with van der Waals surface area (Å²) in [7, 11) is 0. The smallest absolute Gasteiger partial charge is 0.269 e. The Bertz CT molecular complexity index is 732. The van der Waals surface area contributed by atoms with Crippen LogP contribution in [0.5, 0.6) is 0 Å². The number of allylic oxidation sites excluding steroid dienone is 6. The van der Waals surface area contributed by atoms with Crippen molar-refractivity contribution >= 4 is 11.3 Å². The van der Waals surface area contributed by atoms with E-state index in [9.17, 15) is 15.4 Å². The van der Waals surface area contributed by atoms with Gasteiger partial charge in [-0.05, 0) is 48.4 Å². The molecule has 0 unspecified atom stereocenters. The van der Waals surface area contributed by atoms with E-state index >= 15 is 0 Å². The van der Waals surface area contributed by atoms with Gasteiger partial charge >= 0.3 is 0 Å². The molecule has 0 atom stereocenters. The molecule has 21 heavy (non-hydrogen) atoms. The van der Waals surface area contributed by atoms with E-state index in [4.69, 9.17) is 4.74 Å². The molecule has 0 bridgehead atoms. The monoisotopic (exact) mass is 280 g/mol. The van der Waals surface area contributed by atoms with Crippen LogP contribution in [0, 0.1) is 21.4 Å². The van der Waals surface area contributed by atoms with Crippen LogP contribution in [-0.2, 0) is 4.74 Å². The van der Waals surface area contributed by atoms with Gasteiger partial charge in [-0.1, -0.05) is 6.58 Å². The molecule has 0 aromatic heterocycles. The molecular weight excluding hydrogens is 268 g/mol. The van der Waals surface area contributed by atoms with Gasteiger partial charge in [0.2, 0.25) is 0 Å². The summed E-state index contributed by atoms with van der Waals surface area (Å²) in [5, 5.41) is 20.0. The Kier molecular flexibility index (Phi) is 4.00. The van der Waals surface area contributed by atoms with Crippen LogP contribution in [0.15, 0.2) is 66.2 Å². The van der Waals surface area contributed by atoms with Crippen molar-refractivity contribution in [3.63, 3.8) is 0 Å². The number of hydrogen-bond donors (Lipinski definition) is 0. The van der Waals surface area contributed by atoms with Crippen molar-refractivity contribution in [3.05, 3.63) is 81.8 Å². The van der Waals surface area contributed by atoms with Crippen molar-refractivity contribution in [2.75, 3.05) is 0 Å². The molecule has 0 spiro atoms. The Labute approximate surface area is 121 Å². The van der Waals surface area contributed by atoms with Gasteiger partial charge in [-0.15, -0.1) is 0 Å². The third kappa shape index (κ3) is 3.07. The maximum atomic E-state index is 10.7. The summed E-state index contributed by atoms with van der Waals surface area (Å²) in [5.41, 5.74) is 1.71. The van der Waals surface area contributed by atoms with Gasteiger partial charge in [0.05, 0.1) is 10.5 Å². The minimum absolute atomic E-state index is 0.0120. The summed E-state index contributed by atoms with van der Waals surface area (Å²) < 4.78 is 5.42. The fraction of sp³-hybridized carbons (Fsp3) is 0.0625. The van der Waals surface area contributed by atoms with Crippen LogP contribution >= 0.6 is 0 Å². The van der Waals surface area contributed by atoms with Crippen LogP contribution in [-0.4, -0.2) is 4.92 Å². The quantitative estimate of drug-likeness (QED) is 0.478. The SMILES string of the molecule is C=CC1=C/C(=C(/C#N)c2ccc([N+](=O)[O-])cc2)C=C(C)O1. The van der Waals surface area contributed by atoms with Crippen molar-refractivity contribution in [2.45, 2.75) is 6.92 Å². The molecular formula is C16H12N2O3.